The minimum Gasteiger partial charge on any atom is -0.381 e. The first-order chi connectivity index (χ1) is 15.2. The number of amides is 1. The van der Waals surface area contributed by atoms with Crippen LogP contribution in [0.3, 0.4) is 0 Å². The zero-order valence-corrected chi connectivity index (χ0v) is 19.3. The summed E-state index contributed by atoms with van der Waals surface area (Å²) >= 11 is 0. The van der Waals surface area contributed by atoms with E-state index in [-0.39, 0.29) is 5.92 Å². The molecule has 0 spiro atoms. The number of nitrogens with zero attached hydrogens (tertiary/aromatic N) is 4. The number of carbonyl (C=O) groups excluding carboxylic acids is 1. The van der Waals surface area contributed by atoms with Crippen LogP contribution in [0.5, 0.6) is 0 Å². The molecule has 3 aliphatic heterocycles. The average molecular weight is 433 g/mol. The molecule has 31 heavy (non-hydrogen) atoms. The van der Waals surface area contributed by atoms with Gasteiger partial charge in [-0.25, -0.2) is 0 Å². The van der Waals surface area contributed by atoms with Gasteiger partial charge < -0.3 is 14.2 Å². The second-order valence-electron chi connectivity index (χ2n) is 9.66. The number of hydrogen-bond donors (Lipinski definition) is 0. The highest BCUT2D eigenvalue weighted by molar-refractivity contribution is 5.79. The lowest BCUT2D eigenvalue weighted by Gasteiger charge is -2.42. The van der Waals surface area contributed by atoms with Gasteiger partial charge in [-0.3, -0.25) is 9.69 Å². The lowest BCUT2D eigenvalue weighted by molar-refractivity contribution is -0.142. The number of ether oxygens (including phenoxy) is 1. The van der Waals surface area contributed by atoms with Gasteiger partial charge in [-0.2, -0.15) is 4.98 Å². The van der Waals surface area contributed by atoms with Crippen molar-refractivity contribution in [3.05, 3.63) is 11.7 Å². The topological polar surface area (TPSA) is 71.7 Å². The number of hydrogen-bond acceptors (Lipinski definition) is 6. The van der Waals surface area contributed by atoms with Gasteiger partial charge >= 0.3 is 0 Å². The molecular formula is C24H40N4O3. The van der Waals surface area contributed by atoms with E-state index in [0.29, 0.717) is 17.9 Å². The number of aryl methyl sites for hydroxylation is 1. The largest absolute Gasteiger partial charge is 0.381 e. The highest BCUT2D eigenvalue weighted by Gasteiger charge is 2.36. The first kappa shape index (κ1) is 22.7. The van der Waals surface area contributed by atoms with E-state index in [1.165, 1.54) is 19.3 Å². The van der Waals surface area contributed by atoms with Crippen LogP contribution in [0, 0.1) is 11.8 Å². The van der Waals surface area contributed by atoms with Crippen LogP contribution in [0.25, 0.3) is 0 Å². The number of unbranched alkanes of at least 4 members (excludes halogenated alkanes) is 1. The number of rotatable bonds is 7. The molecular weight excluding hydrogens is 392 g/mol. The fourth-order valence-corrected chi connectivity index (χ4v) is 5.55. The Morgan fingerprint density at radius 2 is 1.84 bits per heavy atom. The molecule has 0 radical (unpaired) electrons. The summed E-state index contributed by atoms with van der Waals surface area (Å²) in [6.07, 6.45) is 12.1. The fourth-order valence-electron chi connectivity index (χ4n) is 5.55. The van der Waals surface area contributed by atoms with Crippen molar-refractivity contribution in [1.82, 2.24) is 19.9 Å². The standard InChI is InChI=1S/C24H40N4O3/c1-2-3-8-22-25-23(31-26-22)18-27-14-9-19(10-15-27)21-7-5-4-6-13-28(21)24(29)20-11-16-30-17-12-20/h19-21H,2-18H2,1H3/t21-/m1/s1. The van der Waals surface area contributed by atoms with Crippen molar-refractivity contribution in [2.24, 2.45) is 11.8 Å². The maximum atomic E-state index is 13.4. The molecule has 7 nitrogen and oxygen atoms in total. The normalized spacial score (nSPS) is 24.9. The lowest BCUT2D eigenvalue weighted by atomic mass is 9.85. The van der Waals surface area contributed by atoms with Crippen molar-refractivity contribution in [2.75, 3.05) is 32.8 Å². The minimum absolute atomic E-state index is 0.175. The highest BCUT2D eigenvalue weighted by atomic mass is 16.5. The van der Waals surface area contributed by atoms with Gasteiger partial charge in [0, 0.05) is 38.1 Å². The van der Waals surface area contributed by atoms with Crippen molar-refractivity contribution in [3.8, 4) is 0 Å². The summed E-state index contributed by atoms with van der Waals surface area (Å²) in [4.78, 5) is 22.7. The summed E-state index contributed by atoms with van der Waals surface area (Å²) in [7, 11) is 0. The zero-order valence-electron chi connectivity index (χ0n) is 19.3. The predicted molar refractivity (Wildman–Crippen MR) is 118 cm³/mol. The monoisotopic (exact) mass is 432 g/mol. The van der Waals surface area contributed by atoms with Crippen molar-refractivity contribution in [2.45, 2.75) is 90.1 Å². The number of likely N-dealkylation sites (tertiary alicyclic amines) is 2. The van der Waals surface area contributed by atoms with Crippen molar-refractivity contribution < 1.29 is 14.1 Å². The van der Waals surface area contributed by atoms with Crippen LogP contribution in [0.2, 0.25) is 0 Å². The SMILES string of the molecule is CCCCc1noc(CN2CCC([C@H]3CCCCCN3C(=O)C3CCOCC3)CC2)n1. The molecule has 7 heteroatoms. The van der Waals surface area contributed by atoms with Crippen LogP contribution >= 0.6 is 0 Å². The van der Waals surface area contributed by atoms with E-state index in [1.54, 1.807) is 0 Å². The number of carbonyl (C=O) groups is 1. The van der Waals surface area contributed by atoms with Crippen LogP contribution in [0.4, 0.5) is 0 Å². The third-order valence-corrected chi connectivity index (χ3v) is 7.45. The summed E-state index contributed by atoms with van der Waals surface area (Å²) in [6, 6.07) is 0.420. The van der Waals surface area contributed by atoms with E-state index in [9.17, 15) is 4.79 Å². The molecule has 3 fully saturated rings. The fraction of sp³-hybridized carbons (Fsp3) is 0.875. The molecule has 1 aromatic rings. The molecule has 0 unspecified atom stereocenters. The van der Waals surface area contributed by atoms with E-state index < -0.39 is 0 Å². The highest BCUT2D eigenvalue weighted by Crippen LogP contribution is 2.32. The molecule has 4 rings (SSSR count). The first-order valence-corrected chi connectivity index (χ1v) is 12.7. The Hall–Kier alpha value is -1.47. The van der Waals surface area contributed by atoms with Gasteiger partial charge in [0.2, 0.25) is 11.8 Å². The van der Waals surface area contributed by atoms with Gasteiger partial charge in [-0.15, -0.1) is 0 Å². The summed E-state index contributed by atoms with van der Waals surface area (Å²) < 4.78 is 11.0. The second kappa shape index (κ2) is 11.4. The van der Waals surface area contributed by atoms with Gasteiger partial charge in [0.1, 0.15) is 0 Å². The molecule has 1 amide bonds. The average Bonchev–Trinajstić information content (AvgIpc) is 3.11. The van der Waals surface area contributed by atoms with Crippen molar-refractivity contribution >= 4 is 5.91 Å². The summed E-state index contributed by atoms with van der Waals surface area (Å²) in [5, 5.41) is 4.13. The molecule has 0 bridgehead atoms. The Kier molecular flexibility index (Phi) is 8.36. The van der Waals surface area contributed by atoms with E-state index in [0.717, 1.165) is 102 Å². The molecule has 1 atom stereocenters. The smallest absolute Gasteiger partial charge is 0.240 e. The first-order valence-electron chi connectivity index (χ1n) is 12.7. The lowest BCUT2D eigenvalue weighted by Crippen LogP contribution is -2.50. The Bertz CT molecular complexity index is 680. The van der Waals surface area contributed by atoms with E-state index >= 15 is 0 Å². The molecule has 0 N–H and O–H groups in total. The number of aromatic nitrogens is 2. The zero-order chi connectivity index (χ0) is 21.5. The predicted octanol–water partition coefficient (Wildman–Crippen LogP) is 3.82. The van der Waals surface area contributed by atoms with Crippen LogP contribution in [0.1, 0.15) is 82.8 Å². The maximum absolute atomic E-state index is 13.4. The minimum atomic E-state index is 0.175. The van der Waals surface area contributed by atoms with Gasteiger partial charge in [0.25, 0.3) is 0 Å². The third kappa shape index (κ3) is 6.07. The second-order valence-corrected chi connectivity index (χ2v) is 9.66. The molecule has 0 aliphatic carbocycles. The summed E-state index contributed by atoms with van der Waals surface area (Å²) in [6.45, 7) is 7.45. The number of piperidine rings is 1. The van der Waals surface area contributed by atoms with Crippen molar-refractivity contribution in [3.63, 3.8) is 0 Å². The van der Waals surface area contributed by atoms with Crippen LogP contribution in [-0.4, -0.2) is 64.7 Å². The Labute approximate surface area is 186 Å². The van der Waals surface area contributed by atoms with Crippen LogP contribution < -0.4 is 0 Å². The molecule has 174 valence electrons. The van der Waals surface area contributed by atoms with Gasteiger partial charge in [-0.05, 0) is 64.0 Å². The van der Waals surface area contributed by atoms with E-state index in [2.05, 4.69) is 26.9 Å². The van der Waals surface area contributed by atoms with Crippen LogP contribution in [0.15, 0.2) is 4.52 Å². The van der Waals surface area contributed by atoms with E-state index in [4.69, 9.17) is 9.26 Å². The van der Waals surface area contributed by atoms with Gasteiger partial charge in [0.05, 0.1) is 6.54 Å². The van der Waals surface area contributed by atoms with Crippen LogP contribution in [-0.2, 0) is 22.5 Å². The maximum Gasteiger partial charge on any atom is 0.240 e. The summed E-state index contributed by atoms with van der Waals surface area (Å²) in [5.41, 5.74) is 0. The Morgan fingerprint density at radius 1 is 1.03 bits per heavy atom. The molecule has 4 heterocycles. The molecule has 0 aromatic carbocycles. The molecule has 3 saturated heterocycles. The molecule has 3 aliphatic rings. The van der Waals surface area contributed by atoms with E-state index in [1.807, 2.05) is 0 Å². The Morgan fingerprint density at radius 3 is 2.61 bits per heavy atom. The summed E-state index contributed by atoms with van der Waals surface area (Å²) in [5.74, 6) is 2.78. The molecule has 0 saturated carbocycles. The third-order valence-electron chi connectivity index (χ3n) is 7.45. The van der Waals surface area contributed by atoms with Gasteiger partial charge in [0.15, 0.2) is 5.82 Å². The quantitative estimate of drug-likeness (QED) is 0.652. The Balaban J connectivity index is 1.31. The van der Waals surface area contributed by atoms with Crippen molar-refractivity contribution in [1.29, 1.82) is 0 Å². The van der Waals surface area contributed by atoms with Gasteiger partial charge in [-0.1, -0.05) is 31.3 Å². The molecule has 1 aromatic heterocycles.